The van der Waals surface area contributed by atoms with Gasteiger partial charge < -0.3 is 5.32 Å². The number of halogens is 3. The summed E-state index contributed by atoms with van der Waals surface area (Å²) in [5.41, 5.74) is -0.0353. The topological polar surface area (TPSA) is 12.0 Å². The van der Waals surface area contributed by atoms with Gasteiger partial charge in [0.15, 0.2) is 0 Å². The summed E-state index contributed by atoms with van der Waals surface area (Å²) in [6, 6.07) is 5.43. The van der Waals surface area contributed by atoms with Crippen LogP contribution in [0.15, 0.2) is 36.4 Å². The molecule has 0 amide bonds. The lowest BCUT2D eigenvalue weighted by Gasteiger charge is -2.19. The highest BCUT2D eigenvalue weighted by atomic mass is 19.4. The van der Waals surface area contributed by atoms with Gasteiger partial charge in [-0.25, -0.2) is 0 Å². The second-order valence-corrected chi connectivity index (χ2v) is 5.50. The Morgan fingerprint density at radius 2 is 2.00 bits per heavy atom. The smallest absolute Gasteiger partial charge is 0.385 e. The van der Waals surface area contributed by atoms with Crippen LogP contribution >= 0.6 is 0 Å². The number of fused-ring (bicyclic) bond motifs is 2. The van der Waals surface area contributed by atoms with Crippen molar-refractivity contribution in [2.75, 3.05) is 11.9 Å². The average molecular weight is 267 g/mol. The molecule has 0 saturated heterocycles. The van der Waals surface area contributed by atoms with Crippen molar-refractivity contribution in [2.24, 2.45) is 17.8 Å². The summed E-state index contributed by atoms with van der Waals surface area (Å²) in [6.07, 6.45) is 2.63. The van der Waals surface area contributed by atoms with E-state index in [1.807, 2.05) is 0 Å². The van der Waals surface area contributed by atoms with Crippen molar-refractivity contribution < 1.29 is 13.2 Å². The molecule has 2 bridgehead atoms. The van der Waals surface area contributed by atoms with Gasteiger partial charge in [0, 0.05) is 12.2 Å². The van der Waals surface area contributed by atoms with E-state index in [1.54, 1.807) is 6.07 Å². The molecule has 3 atom stereocenters. The second kappa shape index (κ2) is 4.58. The number of allylic oxidation sites excluding steroid dienone is 2. The van der Waals surface area contributed by atoms with Crippen molar-refractivity contribution in [2.45, 2.75) is 19.0 Å². The number of hydrogen-bond donors (Lipinski definition) is 1. The molecule has 1 N–H and O–H groups in total. The Kier molecular flexibility index (Phi) is 3.03. The highest BCUT2D eigenvalue weighted by molar-refractivity contribution is 5.46. The number of rotatable bonds is 3. The molecule has 0 spiro atoms. The Morgan fingerprint density at radius 3 is 2.63 bits per heavy atom. The van der Waals surface area contributed by atoms with Crippen molar-refractivity contribution in [1.82, 2.24) is 0 Å². The fourth-order valence-electron chi connectivity index (χ4n) is 3.18. The molecule has 2 aliphatic rings. The van der Waals surface area contributed by atoms with Gasteiger partial charge in [-0.05, 0) is 48.8 Å². The number of anilines is 1. The molecule has 0 aliphatic heterocycles. The van der Waals surface area contributed by atoms with Crippen LogP contribution in [0.2, 0.25) is 0 Å². The molecule has 2 aliphatic carbocycles. The van der Waals surface area contributed by atoms with E-state index in [-0.39, 0.29) is 0 Å². The first kappa shape index (κ1) is 12.6. The fourth-order valence-corrected chi connectivity index (χ4v) is 3.18. The molecule has 1 fully saturated rings. The standard InChI is InChI=1S/C15H16F3N/c16-15(17,18)13-2-1-3-14(8-13)19-9-12-7-10-4-5-11(12)6-10/h1-5,8,10-12,19H,6-7,9H2. The predicted molar refractivity (Wildman–Crippen MR) is 68.8 cm³/mol. The SMILES string of the molecule is FC(F)(F)c1cccc(NCC2CC3C=CC2C3)c1. The summed E-state index contributed by atoms with van der Waals surface area (Å²) in [5.74, 6) is 1.87. The van der Waals surface area contributed by atoms with Crippen LogP contribution in [0.25, 0.3) is 0 Å². The monoisotopic (exact) mass is 267 g/mol. The van der Waals surface area contributed by atoms with E-state index in [4.69, 9.17) is 0 Å². The quantitative estimate of drug-likeness (QED) is 0.804. The lowest BCUT2D eigenvalue weighted by atomic mass is 9.93. The predicted octanol–water partition coefficient (Wildman–Crippen LogP) is 4.33. The average Bonchev–Trinajstić information content (AvgIpc) is 2.98. The van der Waals surface area contributed by atoms with E-state index in [1.165, 1.54) is 18.6 Å². The first-order chi connectivity index (χ1) is 9.02. The van der Waals surface area contributed by atoms with E-state index in [2.05, 4.69) is 17.5 Å². The lowest BCUT2D eigenvalue weighted by molar-refractivity contribution is -0.137. The van der Waals surface area contributed by atoms with Crippen LogP contribution < -0.4 is 5.32 Å². The summed E-state index contributed by atoms with van der Waals surface area (Å²) in [7, 11) is 0. The van der Waals surface area contributed by atoms with Gasteiger partial charge in [-0.1, -0.05) is 18.2 Å². The van der Waals surface area contributed by atoms with Gasteiger partial charge >= 0.3 is 6.18 Å². The van der Waals surface area contributed by atoms with Gasteiger partial charge in [0.2, 0.25) is 0 Å². The van der Waals surface area contributed by atoms with Crippen LogP contribution in [0.5, 0.6) is 0 Å². The highest BCUT2D eigenvalue weighted by Gasteiger charge is 2.35. The summed E-state index contributed by atoms with van der Waals surface area (Å²) >= 11 is 0. The third-order valence-corrected chi connectivity index (χ3v) is 4.17. The molecule has 1 saturated carbocycles. The normalized spacial score (nSPS) is 28.9. The summed E-state index contributed by atoms with van der Waals surface area (Å²) in [6.45, 7) is 0.757. The van der Waals surface area contributed by atoms with Crippen LogP contribution in [0.4, 0.5) is 18.9 Å². The second-order valence-electron chi connectivity index (χ2n) is 5.50. The Labute approximate surface area is 110 Å². The minimum absolute atomic E-state index is 0.557. The largest absolute Gasteiger partial charge is 0.416 e. The Morgan fingerprint density at radius 1 is 1.16 bits per heavy atom. The first-order valence-corrected chi connectivity index (χ1v) is 6.62. The fraction of sp³-hybridized carbons (Fsp3) is 0.467. The molecule has 102 valence electrons. The molecule has 1 nitrogen and oxygen atoms in total. The van der Waals surface area contributed by atoms with Crippen molar-refractivity contribution >= 4 is 5.69 Å². The molecule has 3 unspecified atom stereocenters. The molecule has 0 heterocycles. The summed E-state index contributed by atoms with van der Waals surface area (Å²) in [4.78, 5) is 0. The molecule has 1 aromatic rings. The van der Waals surface area contributed by atoms with Gasteiger partial charge in [0.25, 0.3) is 0 Å². The molecular weight excluding hydrogens is 251 g/mol. The maximum absolute atomic E-state index is 12.6. The maximum atomic E-state index is 12.6. The van der Waals surface area contributed by atoms with Crippen molar-refractivity contribution in [1.29, 1.82) is 0 Å². The van der Waals surface area contributed by atoms with Crippen molar-refractivity contribution in [3.8, 4) is 0 Å². The van der Waals surface area contributed by atoms with E-state index in [9.17, 15) is 13.2 Å². The third kappa shape index (κ3) is 2.62. The number of nitrogens with one attached hydrogen (secondary N) is 1. The Bertz CT molecular complexity index is 492. The number of alkyl halides is 3. The lowest BCUT2D eigenvalue weighted by Crippen LogP contribution is -2.18. The van der Waals surface area contributed by atoms with Crippen molar-refractivity contribution in [3.05, 3.63) is 42.0 Å². The van der Waals surface area contributed by atoms with Crippen LogP contribution in [0.3, 0.4) is 0 Å². The molecule has 0 aromatic heterocycles. The van der Waals surface area contributed by atoms with Gasteiger partial charge in [-0.15, -0.1) is 0 Å². The van der Waals surface area contributed by atoms with E-state index >= 15 is 0 Å². The zero-order valence-corrected chi connectivity index (χ0v) is 10.5. The highest BCUT2D eigenvalue weighted by Crippen LogP contribution is 2.43. The molecular formula is C15H16F3N. The third-order valence-electron chi connectivity index (χ3n) is 4.17. The van der Waals surface area contributed by atoms with Crippen molar-refractivity contribution in [3.63, 3.8) is 0 Å². The van der Waals surface area contributed by atoms with Crippen LogP contribution in [-0.4, -0.2) is 6.54 Å². The maximum Gasteiger partial charge on any atom is 0.416 e. The van der Waals surface area contributed by atoms with Crippen LogP contribution in [0.1, 0.15) is 18.4 Å². The summed E-state index contributed by atoms with van der Waals surface area (Å²) < 4.78 is 37.8. The van der Waals surface area contributed by atoms with Gasteiger partial charge in [-0.3, -0.25) is 0 Å². The minimum atomic E-state index is -4.27. The van der Waals surface area contributed by atoms with Gasteiger partial charge in [0.1, 0.15) is 0 Å². The molecule has 4 heteroatoms. The zero-order valence-electron chi connectivity index (χ0n) is 10.5. The molecule has 3 rings (SSSR count). The van der Waals surface area contributed by atoms with Crippen LogP contribution in [0, 0.1) is 17.8 Å². The zero-order chi connectivity index (χ0) is 13.5. The summed E-state index contributed by atoms with van der Waals surface area (Å²) in [5, 5.41) is 3.15. The molecule has 0 radical (unpaired) electrons. The molecule has 1 aromatic carbocycles. The number of hydrogen-bond acceptors (Lipinski definition) is 1. The van der Waals surface area contributed by atoms with E-state index in [0.29, 0.717) is 23.4 Å². The molecule has 19 heavy (non-hydrogen) atoms. The minimum Gasteiger partial charge on any atom is -0.385 e. The van der Waals surface area contributed by atoms with Gasteiger partial charge in [0.05, 0.1) is 5.56 Å². The Hall–Kier alpha value is -1.45. The van der Waals surface area contributed by atoms with Gasteiger partial charge in [-0.2, -0.15) is 13.2 Å². The first-order valence-electron chi connectivity index (χ1n) is 6.62. The van der Waals surface area contributed by atoms with E-state index in [0.717, 1.165) is 19.0 Å². The van der Waals surface area contributed by atoms with E-state index < -0.39 is 11.7 Å². The Balaban J connectivity index is 1.63. The number of benzene rings is 1. The van der Waals surface area contributed by atoms with Crippen LogP contribution in [-0.2, 0) is 6.18 Å².